The van der Waals surface area contributed by atoms with Gasteiger partial charge in [0.1, 0.15) is 5.82 Å². The van der Waals surface area contributed by atoms with Crippen molar-refractivity contribution in [3.05, 3.63) is 22.7 Å². The summed E-state index contributed by atoms with van der Waals surface area (Å²) in [4.78, 5) is 20.0. The molecular weight excluding hydrogens is 172 g/mol. The van der Waals surface area contributed by atoms with Crippen molar-refractivity contribution in [2.75, 3.05) is 12.3 Å². The third kappa shape index (κ3) is 1.53. The first kappa shape index (κ1) is 8.21. The third-order valence-corrected chi connectivity index (χ3v) is 1.87. The lowest BCUT2D eigenvalue weighted by Gasteiger charge is -2.10. The van der Waals surface area contributed by atoms with Crippen molar-refractivity contribution in [2.24, 2.45) is 0 Å². The average molecular weight is 182 g/mol. The van der Waals surface area contributed by atoms with Crippen LogP contribution in [0.4, 0.5) is 5.82 Å². The van der Waals surface area contributed by atoms with Crippen molar-refractivity contribution < 1.29 is 4.84 Å². The van der Waals surface area contributed by atoms with Gasteiger partial charge in [-0.15, -0.1) is 0 Å². The van der Waals surface area contributed by atoms with Gasteiger partial charge in [0.25, 0.3) is 0 Å². The van der Waals surface area contributed by atoms with Gasteiger partial charge in [0.2, 0.25) is 0 Å². The molecule has 3 N–H and O–H groups in total. The fourth-order valence-electron chi connectivity index (χ4n) is 1.24. The van der Waals surface area contributed by atoms with E-state index in [4.69, 9.17) is 10.6 Å². The summed E-state index contributed by atoms with van der Waals surface area (Å²) in [5.41, 5.74) is 7.66. The first-order valence-corrected chi connectivity index (χ1v) is 4.00. The van der Waals surface area contributed by atoms with Crippen molar-refractivity contribution in [3.8, 4) is 0 Å². The molecule has 1 aromatic rings. The second kappa shape index (κ2) is 3.15. The van der Waals surface area contributed by atoms with Gasteiger partial charge in [-0.25, -0.2) is 4.79 Å². The Bertz CT molecular complexity index is 356. The number of nitrogens with two attached hydrogens (primary N) is 1. The standard InChI is InChI=1S/C7H10N4O2/c8-5-2-4-11(7(12)10-5)6-1-3-9-13-6/h2,4,6,9H,1,3H2,(H2,8,10,12)/t6-/m1/s1. The highest BCUT2D eigenvalue weighted by Crippen LogP contribution is 2.13. The molecule has 1 saturated heterocycles. The number of anilines is 1. The lowest BCUT2D eigenvalue weighted by Crippen LogP contribution is -2.27. The van der Waals surface area contributed by atoms with Crippen molar-refractivity contribution in [1.29, 1.82) is 0 Å². The predicted molar refractivity (Wildman–Crippen MR) is 45.7 cm³/mol. The van der Waals surface area contributed by atoms with Gasteiger partial charge in [0.15, 0.2) is 6.23 Å². The molecule has 0 amide bonds. The fraction of sp³-hybridized carbons (Fsp3) is 0.429. The smallest absolute Gasteiger partial charge is 0.351 e. The van der Waals surface area contributed by atoms with Crippen molar-refractivity contribution >= 4 is 5.82 Å². The third-order valence-electron chi connectivity index (χ3n) is 1.87. The highest BCUT2D eigenvalue weighted by Gasteiger charge is 2.18. The van der Waals surface area contributed by atoms with Crippen LogP contribution >= 0.6 is 0 Å². The van der Waals surface area contributed by atoms with Crippen LogP contribution in [-0.4, -0.2) is 16.1 Å². The van der Waals surface area contributed by atoms with E-state index >= 15 is 0 Å². The lowest BCUT2D eigenvalue weighted by molar-refractivity contribution is -0.0119. The van der Waals surface area contributed by atoms with E-state index in [0.717, 1.165) is 13.0 Å². The highest BCUT2D eigenvalue weighted by atomic mass is 16.7. The van der Waals surface area contributed by atoms with Gasteiger partial charge >= 0.3 is 5.69 Å². The van der Waals surface area contributed by atoms with Crippen molar-refractivity contribution in [3.63, 3.8) is 0 Å². The molecule has 70 valence electrons. The zero-order chi connectivity index (χ0) is 9.26. The first-order chi connectivity index (χ1) is 6.27. The topological polar surface area (TPSA) is 82.2 Å². The molecule has 0 spiro atoms. The lowest BCUT2D eigenvalue weighted by atomic mass is 10.4. The number of hydrogen-bond donors (Lipinski definition) is 2. The molecule has 6 heteroatoms. The SMILES string of the molecule is Nc1ccn([C@H]2CCNO2)c(=O)n1. The van der Waals surface area contributed by atoms with E-state index in [2.05, 4.69) is 10.5 Å². The van der Waals surface area contributed by atoms with E-state index in [1.165, 1.54) is 4.57 Å². The first-order valence-electron chi connectivity index (χ1n) is 4.00. The molecule has 1 atom stereocenters. The Hall–Kier alpha value is -1.40. The molecule has 13 heavy (non-hydrogen) atoms. The molecule has 0 aromatic carbocycles. The molecule has 1 aliphatic rings. The molecule has 2 rings (SSSR count). The van der Waals surface area contributed by atoms with Crippen LogP contribution in [0, 0.1) is 0 Å². The summed E-state index contributed by atoms with van der Waals surface area (Å²) in [6, 6.07) is 1.57. The summed E-state index contributed by atoms with van der Waals surface area (Å²) in [7, 11) is 0. The number of hydrogen-bond acceptors (Lipinski definition) is 5. The van der Waals surface area contributed by atoms with Crippen LogP contribution in [0.3, 0.4) is 0 Å². The van der Waals surface area contributed by atoms with Crippen LogP contribution in [0.2, 0.25) is 0 Å². The van der Waals surface area contributed by atoms with E-state index in [1.807, 2.05) is 0 Å². The summed E-state index contributed by atoms with van der Waals surface area (Å²) >= 11 is 0. The number of rotatable bonds is 1. The molecule has 2 heterocycles. The van der Waals surface area contributed by atoms with E-state index in [1.54, 1.807) is 12.3 Å². The van der Waals surface area contributed by atoms with Gasteiger partial charge in [-0.1, -0.05) is 0 Å². The maximum atomic E-state index is 11.3. The Morgan fingerprint density at radius 3 is 3.23 bits per heavy atom. The van der Waals surface area contributed by atoms with Gasteiger partial charge in [0.05, 0.1) is 0 Å². The highest BCUT2D eigenvalue weighted by molar-refractivity contribution is 5.23. The minimum Gasteiger partial charge on any atom is -0.383 e. The summed E-state index contributed by atoms with van der Waals surface area (Å²) in [5.74, 6) is 0.229. The quantitative estimate of drug-likeness (QED) is 0.597. The van der Waals surface area contributed by atoms with Crippen LogP contribution in [0.5, 0.6) is 0 Å². The van der Waals surface area contributed by atoms with Crippen molar-refractivity contribution in [2.45, 2.75) is 12.6 Å². The molecule has 0 aliphatic carbocycles. The van der Waals surface area contributed by atoms with Gasteiger partial charge in [-0.2, -0.15) is 10.5 Å². The Labute approximate surface area is 74.3 Å². The Kier molecular flexibility index (Phi) is 1.99. The average Bonchev–Trinajstić information content (AvgIpc) is 2.56. The van der Waals surface area contributed by atoms with Crippen molar-refractivity contribution in [1.82, 2.24) is 15.0 Å². The number of nitrogen functional groups attached to an aromatic ring is 1. The van der Waals surface area contributed by atoms with Gasteiger partial charge < -0.3 is 5.73 Å². The maximum absolute atomic E-state index is 11.3. The van der Waals surface area contributed by atoms with Crippen LogP contribution in [-0.2, 0) is 4.84 Å². The summed E-state index contributed by atoms with van der Waals surface area (Å²) < 4.78 is 1.41. The van der Waals surface area contributed by atoms with Crippen LogP contribution in [0.15, 0.2) is 17.1 Å². The summed E-state index contributed by atoms with van der Waals surface area (Å²) in [5, 5.41) is 0. The van der Waals surface area contributed by atoms with Crippen LogP contribution < -0.4 is 16.9 Å². The summed E-state index contributed by atoms with van der Waals surface area (Å²) in [6.07, 6.45) is 2.08. The molecule has 0 bridgehead atoms. The molecule has 1 aliphatic heterocycles. The number of aromatic nitrogens is 2. The minimum absolute atomic E-state index is 0.229. The van der Waals surface area contributed by atoms with Crippen LogP contribution in [0.25, 0.3) is 0 Å². The predicted octanol–water partition coefficient (Wildman–Crippen LogP) is -0.751. The Morgan fingerprint density at radius 1 is 1.77 bits per heavy atom. The van der Waals surface area contributed by atoms with Gasteiger partial charge in [-0.05, 0) is 6.07 Å². The van der Waals surface area contributed by atoms with Crippen LogP contribution in [0.1, 0.15) is 12.6 Å². The molecule has 6 nitrogen and oxygen atoms in total. The normalized spacial score (nSPS) is 22.0. The second-order valence-electron chi connectivity index (χ2n) is 2.80. The number of nitrogens with zero attached hydrogens (tertiary/aromatic N) is 2. The number of nitrogens with one attached hydrogen (secondary N) is 1. The minimum atomic E-state index is -0.381. The summed E-state index contributed by atoms with van der Waals surface area (Å²) in [6.45, 7) is 0.738. The second-order valence-corrected chi connectivity index (χ2v) is 2.80. The van der Waals surface area contributed by atoms with E-state index in [9.17, 15) is 4.79 Å². The molecule has 1 fully saturated rings. The molecular formula is C7H10N4O2. The van der Waals surface area contributed by atoms with Gasteiger partial charge in [-0.3, -0.25) is 9.40 Å². The maximum Gasteiger partial charge on any atom is 0.351 e. The fourth-order valence-corrected chi connectivity index (χ4v) is 1.24. The molecule has 0 unspecified atom stereocenters. The monoisotopic (exact) mass is 182 g/mol. The number of hydroxylamine groups is 1. The molecule has 1 aromatic heterocycles. The molecule has 0 saturated carbocycles. The van der Waals surface area contributed by atoms with E-state index < -0.39 is 0 Å². The zero-order valence-electron chi connectivity index (χ0n) is 6.93. The zero-order valence-corrected chi connectivity index (χ0v) is 6.93. The Balaban J connectivity index is 2.34. The largest absolute Gasteiger partial charge is 0.383 e. The van der Waals surface area contributed by atoms with Gasteiger partial charge in [0, 0.05) is 19.2 Å². The van der Waals surface area contributed by atoms with E-state index in [-0.39, 0.29) is 17.7 Å². The van der Waals surface area contributed by atoms with E-state index in [0.29, 0.717) is 0 Å². The Morgan fingerprint density at radius 2 is 2.62 bits per heavy atom. The molecule has 0 radical (unpaired) electrons.